The smallest absolute Gasteiger partial charge is 0.233 e. The zero-order valence-electron chi connectivity index (χ0n) is 9.96. The van der Waals surface area contributed by atoms with E-state index in [0.717, 1.165) is 4.90 Å². The number of carbonyl (C=O) groups excluding carboxylic acids is 2. The van der Waals surface area contributed by atoms with Gasteiger partial charge in [0.25, 0.3) is 0 Å². The summed E-state index contributed by atoms with van der Waals surface area (Å²) in [6, 6.07) is 3.76. The fourth-order valence-corrected chi connectivity index (χ4v) is 2.47. The largest absolute Gasteiger partial charge is 0.354 e. The topological polar surface area (TPSA) is 62.3 Å². The Balaban J connectivity index is 1.82. The number of pyridine rings is 1. The summed E-state index contributed by atoms with van der Waals surface area (Å²) in [6.45, 7) is 1.66. The Morgan fingerprint density at radius 3 is 2.94 bits per heavy atom. The zero-order chi connectivity index (χ0) is 12.8. The lowest BCUT2D eigenvalue weighted by atomic mass is 10.4. The molecule has 1 aromatic heterocycles. The molecule has 2 heterocycles. The Hall–Kier alpha value is -1.56. The van der Waals surface area contributed by atoms with Crippen LogP contribution in [0.2, 0.25) is 0 Å². The lowest BCUT2D eigenvalue weighted by Gasteiger charge is -2.19. The van der Waals surface area contributed by atoms with Crippen molar-refractivity contribution in [2.75, 3.05) is 25.4 Å². The Labute approximate surface area is 110 Å². The van der Waals surface area contributed by atoms with Gasteiger partial charge in [-0.25, -0.2) is 0 Å². The number of amides is 2. The van der Waals surface area contributed by atoms with Crippen molar-refractivity contribution in [3.05, 3.63) is 24.5 Å². The van der Waals surface area contributed by atoms with E-state index in [4.69, 9.17) is 0 Å². The molecule has 0 spiro atoms. The van der Waals surface area contributed by atoms with E-state index in [1.807, 2.05) is 12.1 Å². The van der Waals surface area contributed by atoms with Gasteiger partial charge in [-0.15, -0.1) is 11.8 Å². The van der Waals surface area contributed by atoms with Crippen LogP contribution in [0.4, 0.5) is 0 Å². The third kappa shape index (κ3) is 3.73. The van der Waals surface area contributed by atoms with Gasteiger partial charge in [-0.05, 0) is 12.1 Å². The molecule has 0 saturated carbocycles. The van der Waals surface area contributed by atoms with Crippen LogP contribution in [-0.2, 0) is 9.59 Å². The minimum atomic E-state index is 0.0205. The Kier molecular flexibility index (Phi) is 4.58. The minimum absolute atomic E-state index is 0.0205. The molecule has 1 aromatic rings. The van der Waals surface area contributed by atoms with Crippen molar-refractivity contribution in [3.63, 3.8) is 0 Å². The van der Waals surface area contributed by atoms with Crippen molar-refractivity contribution in [1.29, 1.82) is 0 Å². The Morgan fingerprint density at radius 2 is 2.17 bits per heavy atom. The van der Waals surface area contributed by atoms with Crippen molar-refractivity contribution in [3.8, 4) is 0 Å². The SMILES string of the molecule is O=C1CCN(C(=O)CSc2ccncc2)CCN1. The van der Waals surface area contributed by atoms with Crippen LogP contribution in [0, 0.1) is 0 Å². The molecule has 1 aliphatic rings. The van der Waals surface area contributed by atoms with Crippen molar-refractivity contribution < 1.29 is 9.59 Å². The summed E-state index contributed by atoms with van der Waals surface area (Å²) in [5.74, 6) is 0.499. The second kappa shape index (κ2) is 6.39. The average molecular weight is 265 g/mol. The van der Waals surface area contributed by atoms with Crippen molar-refractivity contribution in [1.82, 2.24) is 15.2 Å². The summed E-state index contributed by atoms with van der Waals surface area (Å²) in [6.07, 6.45) is 3.81. The maximum Gasteiger partial charge on any atom is 0.233 e. The van der Waals surface area contributed by atoms with E-state index in [0.29, 0.717) is 31.8 Å². The van der Waals surface area contributed by atoms with E-state index in [2.05, 4.69) is 10.3 Å². The summed E-state index contributed by atoms with van der Waals surface area (Å²) < 4.78 is 0. The van der Waals surface area contributed by atoms with E-state index < -0.39 is 0 Å². The quantitative estimate of drug-likeness (QED) is 0.810. The molecule has 0 atom stereocenters. The molecule has 6 heteroatoms. The monoisotopic (exact) mass is 265 g/mol. The van der Waals surface area contributed by atoms with Gasteiger partial charge in [0.2, 0.25) is 11.8 Å². The van der Waals surface area contributed by atoms with E-state index >= 15 is 0 Å². The first-order valence-corrected chi connectivity index (χ1v) is 6.81. The number of aromatic nitrogens is 1. The summed E-state index contributed by atoms with van der Waals surface area (Å²) in [5, 5.41) is 2.76. The van der Waals surface area contributed by atoms with E-state index in [9.17, 15) is 9.59 Å². The molecule has 0 aromatic carbocycles. The van der Waals surface area contributed by atoms with Gasteiger partial charge in [0.05, 0.1) is 5.75 Å². The van der Waals surface area contributed by atoms with Gasteiger partial charge in [0.15, 0.2) is 0 Å². The maximum absolute atomic E-state index is 12.0. The van der Waals surface area contributed by atoms with Crippen molar-refractivity contribution in [2.45, 2.75) is 11.3 Å². The first-order valence-electron chi connectivity index (χ1n) is 5.83. The van der Waals surface area contributed by atoms with Gasteiger partial charge in [0, 0.05) is 43.3 Å². The van der Waals surface area contributed by atoms with Gasteiger partial charge in [-0.2, -0.15) is 0 Å². The molecule has 1 aliphatic heterocycles. The summed E-state index contributed by atoms with van der Waals surface area (Å²) in [7, 11) is 0. The van der Waals surface area contributed by atoms with Crippen LogP contribution in [0.15, 0.2) is 29.4 Å². The second-order valence-corrected chi connectivity index (χ2v) is 5.00. The molecule has 5 nitrogen and oxygen atoms in total. The zero-order valence-corrected chi connectivity index (χ0v) is 10.8. The predicted octanol–water partition coefficient (Wildman–Crippen LogP) is 0.522. The summed E-state index contributed by atoms with van der Waals surface area (Å²) in [4.78, 5) is 29.9. The lowest BCUT2D eigenvalue weighted by molar-refractivity contribution is -0.128. The standard InChI is InChI=1S/C12H15N3O2S/c16-11-3-7-15(8-6-14-11)12(17)9-18-10-1-4-13-5-2-10/h1-2,4-5H,3,6-9H2,(H,14,16). The van der Waals surface area contributed by atoms with E-state index in [-0.39, 0.29) is 11.8 Å². The van der Waals surface area contributed by atoms with Gasteiger partial charge in [-0.3, -0.25) is 14.6 Å². The lowest BCUT2D eigenvalue weighted by Crippen LogP contribution is -2.35. The van der Waals surface area contributed by atoms with Gasteiger partial charge >= 0.3 is 0 Å². The highest BCUT2D eigenvalue weighted by molar-refractivity contribution is 8.00. The number of rotatable bonds is 3. The first kappa shape index (κ1) is 12.9. The fourth-order valence-electron chi connectivity index (χ4n) is 1.69. The first-order chi connectivity index (χ1) is 8.75. The normalized spacial score (nSPS) is 16.0. The fraction of sp³-hybridized carbons (Fsp3) is 0.417. The number of hydrogen-bond donors (Lipinski definition) is 1. The van der Waals surface area contributed by atoms with E-state index in [1.165, 1.54) is 11.8 Å². The van der Waals surface area contributed by atoms with Crippen molar-refractivity contribution >= 4 is 23.6 Å². The van der Waals surface area contributed by atoms with Crippen LogP contribution >= 0.6 is 11.8 Å². The molecule has 1 saturated heterocycles. The van der Waals surface area contributed by atoms with Gasteiger partial charge in [0.1, 0.15) is 0 Å². The van der Waals surface area contributed by atoms with Gasteiger partial charge in [-0.1, -0.05) is 0 Å². The molecule has 0 aliphatic carbocycles. The number of thioether (sulfide) groups is 1. The molecule has 1 N–H and O–H groups in total. The molecule has 0 unspecified atom stereocenters. The van der Waals surface area contributed by atoms with Crippen LogP contribution in [-0.4, -0.2) is 47.1 Å². The molecule has 96 valence electrons. The average Bonchev–Trinajstić information content (AvgIpc) is 2.62. The Bertz CT molecular complexity index is 425. The van der Waals surface area contributed by atoms with Crippen LogP contribution in [0.1, 0.15) is 6.42 Å². The molecule has 2 amide bonds. The summed E-state index contributed by atoms with van der Waals surface area (Å²) >= 11 is 1.49. The molecular weight excluding hydrogens is 250 g/mol. The van der Waals surface area contributed by atoms with Crippen LogP contribution in [0.25, 0.3) is 0 Å². The summed E-state index contributed by atoms with van der Waals surface area (Å²) in [5.41, 5.74) is 0. The highest BCUT2D eigenvalue weighted by Gasteiger charge is 2.18. The highest BCUT2D eigenvalue weighted by atomic mass is 32.2. The Morgan fingerprint density at radius 1 is 1.39 bits per heavy atom. The molecular formula is C12H15N3O2S. The second-order valence-electron chi connectivity index (χ2n) is 3.95. The number of nitrogens with zero attached hydrogens (tertiary/aromatic N) is 2. The van der Waals surface area contributed by atoms with Crippen LogP contribution in [0.3, 0.4) is 0 Å². The van der Waals surface area contributed by atoms with Crippen LogP contribution < -0.4 is 5.32 Å². The minimum Gasteiger partial charge on any atom is -0.354 e. The highest BCUT2D eigenvalue weighted by Crippen LogP contribution is 2.16. The molecule has 1 fully saturated rings. The third-order valence-electron chi connectivity index (χ3n) is 2.68. The maximum atomic E-state index is 12.0. The number of nitrogens with one attached hydrogen (secondary N) is 1. The predicted molar refractivity (Wildman–Crippen MR) is 69.2 cm³/mol. The molecule has 0 radical (unpaired) electrons. The van der Waals surface area contributed by atoms with Crippen molar-refractivity contribution in [2.24, 2.45) is 0 Å². The molecule has 0 bridgehead atoms. The van der Waals surface area contributed by atoms with E-state index in [1.54, 1.807) is 17.3 Å². The number of carbonyl (C=O) groups is 2. The number of hydrogen-bond acceptors (Lipinski definition) is 4. The molecule has 18 heavy (non-hydrogen) atoms. The third-order valence-corrected chi connectivity index (χ3v) is 3.67. The van der Waals surface area contributed by atoms with Crippen LogP contribution in [0.5, 0.6) is 0 Å². The van der Waals surface area contributed by atoms with Gasteiger partial charge < -0.3 is 10.2 Å². The molecule has 2 rings (SSSR count).